The van der Waals surface area contributed by atoms with Crippen LogP contribution < -0.4 is 19.9 Å². The molecule has 0 saturated heterocycles. The van der Waals surface area contributed by atoms with Gasteiger partial charge < -0.3 is 24.8 Å². The first-order valence-corrected chi connectivity index (χ1v) is 6.52. The van der Waals surface area contributed by atoms with E-state index in [9.17, 15) is 0 Å². The van der Waals surface area contributed by atoms with Crippen LogP contribution in [0, 0.1) is 0 Å². The maximum Gasteiger partial charge on any atom is 0.203 e. The number of likely N-dealkylation sites (N-methyl/N-ethyl adjacent to an activating group) is 1. The van der Waals surface area contributed by atoms with E-state index >= 15 is 0 Å². The van der Waals surface area contributed by atoms with Crippen LogP contribution in [0.4, 0.5) is 5.69 Å². The van der Waals surface area contributed by atoms with E-state index < -0.39 is 0 Å². The van der Waals surface area contributed by atoms with Crippen molar-refractivity contribution in [1.82, 2.24) is 4.90 Å². The van der Waals surface area contributed by atoms with Gasteiger partial charge in [-0.2, -0.15) is 0 Å². The van der Waals surface area contributed by atoms with E-state index in [0.717, 1.165) is 19.6 Å². The van der Waals surface area contributed by atoms with Crippen molar-refractivity contribution >= 4 is 5.69 Å². The van der Waals surface area contributed by atoms with Crippen molar-refractivity contribution < 1.29 is 14.2 Å². The summed E-state index contributed by atoms with van der Waals surface area (Å²) in [5.74, 6) is 1.79. The summed E-state index contributed by atoms with van der Waals surface area (Å²) in [5, 5.41) is 0. The summed E-state index contributed by atoms with van der Waals surface area (Å²) in [5.41, 5.74) is 6.36. The topological polar surface area (TPSA) is 57.0 Å². The van der Waals surface area contributed by atoms with Crippen LogP contribution in [-0.2, 0) is 0 Å². The molecule has 5 nitrogen and oxygen atoms in total. The average molecular weight is 268 g/mol. The Bertz CT molecular complexity index is 367. The quantitative estimate of drug-likeness (QED) is 0.731. The third kappa shape index (κ3) is 4.21. The van der Waals surface area contributed by atoms with Crippen LogP contribution in [0.1, 0.15) is 13.8 Å². The lowest BCUT2D eigenvalue weighted by Gasteiger charge is -2.20. The van der Waals surface area contributed by atoms with Crippen LogP contribution in [0.2, 0.25) is 0 Å². The number of nitrogen functional groups attached to an aromatic ring is 1. The highest BCUT2D eigenvalue weighted by atomic mass is 16.5. The van der Waals surface area contributed by atoms with Gasteiger partial charge in [0.1, 0.15) is 6.61 Å². The molecule has 1 rings (SSSR count). The maximum absolute atomic E-state index is 5.79. The minimum absolute atomic E-state index is 0.582. The minimum Gasteiger partial charge on any atom is -0.493 e. The lowest BCUT2D eigenvalue weighted by atomic mass is 10.2. The summed E-state index contributed by atoms with van der Waals surface area (Å²) >= 11 is 0. The Kier molecular flexibility index (Phi) is 6.29. The Hall–Kier alpha value is -1.62. The highest BCUT2D eigenvalue weighted by molar-refractivity contribution is 5.60. The molecule has 0 spiro atoms. The first-order chi connectivity index (χ1) is 9.15. The number of anilines is 1. The van der Waals surface area contributed by atoms with Gasteiger partial charge in [-0.15, -0.1) is 0 Å². The lowest BCUT2D eigenvalue weighted by Crippen LogP contribution is -2.28. The Balaban J connectivity index is 2.76. The number of ether oxygens (including phenoxy) is 3. The third-order valence-electron chi connectivity index (χ3n) is 3.03. The fraction of sp³-hybridized carbons (Fsp3) is 0.571. The molecule has 19 heavy (non-hydrogen) atoms. The first-order valence-electron chi connectivity index (χ1n) is 6.52. The van der Waals surface area contributed by atoms with Crippen LogP contribution in [0.25, 0.3) is 0 Å². The molecule has 0 fully saturated rings. The van der Waals surface area contributed by atoms with Gasteiger partial charge in [-0.05, 0) is 13.1 Å². The zero-order chi connectivity index (χ0) is 14.3. The molecule has 0 radical (unpaired) electrons. The van der Waals surface area contributed by atoms with Gasteiger partial charge in [-0.1, -0.05) is 13.8 Å². The molecule has 0 unspecified atom stereocenters. The van der Waals surface area contributed by atoms with Crippen molar-refractivity contribution in [3.05, 3.63) is 12.1 Å². The Labute approximate surface area is 115 Å². The minimum atomic E-state index is 0.582. The van der Waals surface area contributed by atoms with Gasteiger partial charge in [0, 0.05) is 24.4 Å². The Morgan fingerprint density at radius 1 is 1.05 bits per heavy atom. The number of nitrogens with zero attached hydrogens (tertiary/aromatic N) is 1. The van der Waals surface area contributed by atoms with E-state index in [1.165, 1.54) is 0 Å². The second-order valence-electron chi connectivity index (χ2n) is 4.13. The summed E-state index contributed by atoms with van der Waals surface area (Å²) in [7, 11) is 3.18. The number of hydrogen-bond acceptors (Lipinski definition) is 5. The Morgan fingerprint density at radius 2 is 1.58 bits per heavy atom. The zero-order valence-electron chi connectivity index (χ0n) is 12.2. The molecule has 108 valence electrons. The van der Waals surface area contributed by atoms with Crippen molar-refractivity contribution in [2.75, 3.05) is 46.2 Å². The van der Waals surface area contributed by atoms with Crippen molar-refractivity contribution in [2.45, 2.75) is 13.8 Å². The molecule has 1 aromatic carbocycles. The van der Waals surface area contributed by atoms with E-state index in [4.69, 9.17) is 19.9 Å². The highest BCUT2D eigenvalue weighted by Crippen LogP contribution is 2.39. The third-order valence-corrected chi connectivity index (χ3v) is 3.03. The second kappa shape index (κ2) is 7.74. The smallest absolute Gasteiger partial charge is 0.203 e. The van der Waals surface area contributed by atoms with Gasteiger partial charge in [0.15, 0.2) is 11.5 Å². The van der Waals surface area contributed by atoms with Crippen LogP contribution in [-0.4, -0.2) is 45.4 Å². The van der Waals surface area contributed by atoms with E-state index in [1.807, 2.05) is 0 Å². The molecule has 0 atom stereocenters. The monoisotopic (exact) mass is 268 g/mol. The van der Waals surface area contributed by atoms with Gasteiger partial charge in [-0.3, -0.25) is 0 Å². The summed E-state index contributed by atoms with van der Waals surface area (Å²) in [4.78, 5) is 2.29. The summed E-state index contributed by atoms with van der Waals surface area (Å²) < 4.78 is 16.4. The van der Waals surface area contributed by atoms with Crippen molar-refractivity contribution in [3.63, 3.8) is 0 Å². The normalized spacial score (nSPS) is 10.6. The molecule has 0 saturated carbocycles. The molecule has 0 bridgehead atoms. The highest BCUT2D eigenvalue weighted by Gasteiger charge is 2.13. The van der Waals surface area contributed by atoms with Crippen molar-refractivity contribution in [3.8, 4) is 17.2 Å². The molecule has 0 aliphatic carbocycles. The number of hydrogen-bond donors (Lipinski definition) is 1. The predicted molar refractivity (Wildman–Crippen MR) is 77.2 cm³/mol. The fourth-order valence-electron chi connectivity index (χ4n) is 1.86. The van der Waals surface area contributed by atoms with E-state index in [1.54, 1.807) is 26.4 Å². The molecule has 0 aromatic heterocycles. The number of nitrogens with two attached hydrogens (primary N) is 1. The summed E-state index contributed by atoms with van der Waals surface area (Å²) in [6, 6.07) is 3.46. The van der Waals surface area contributed by atoms with Crippen LogP contribution in [0.15, 0.2) is 12.1 Å². The number of rotatable bonds is 8. The van der Waals surface area contributed by atoms with E-state index in [-0.39, 0.29) is 0 Å². The van der Waals surface area contributed by atoms with Crippen LogP contribution in [0.5, 0.6) is 17.2 Å². The maximum atomic E-state index is 5.79. The molecule has 1 aromatic rings. The fourth-order valence-corrected chi connectivity index (χ4v) is 1.86. The molecule has 0 heterocycles. The van der Waals surface area contributed by atoms with Gasteiger partial charge in [0.2, 0.25) is 5.75 Å². The zero-order valence-corrected chi connectivity index (χ0v) is 12.2. The van der Waals surface area contributed by atoms with Gasteiger partial charge in [0.05, 0.1) is 14.2 Å². The molecule has 2 N–H and O–H groups in total. The van der Waals surface area contributed by atoms with Gasteiger partial charge in [-0.25, -0.2) is 0 Å². The van der Waals surface area contributed by atoms with Gasteiger partial charge >= 0.3 is 0 Å². The standard InChI is InChI=1S/C14H24N2O3/c1-5-16(6-2)7-8-19-14-12(17-3)9-11(15)10-13(14)18-4/h9-10H,5-8,15H2,1-4H3. The van der Waals surface area contributed by atoms with E-state index in [2.05, 4.69) is 18.7 Å². The molecular formula is C14H24N2O3. The average Bonchev–Trinajstić information content (AvgIpc) is 2.44. The Morgan fingerprint density at radius 3 is 2.00 bits per heavy atom. The molecule has 0 aliphatic heterocycles. The van der Waals surface area contributed by atoms with E-state index in [0.29, 0.717) is 29.5 Å². The number of methoxy groups -OCH3 is 2. The predicted octanol–water partition coefficient (Wildman–Crippen LogP) is 2.01. The lowest BCUT2D eigenvalue weighted by molar-refractivity contribution is 0.211. The molecular weight excluding hydrogens is 244 g/mol. The second-order valence-corrected chi connectivity index (χ2v) is 4.13. The van der Waals surface area contributed by atoms with Gasteiger partial charge in [0.25, 0.3) is 0 Å². The number of benzene rings is 1. The van der Waals surface area contributed by atoms with Crippen LogP contribution >= 0.6 is 0 Å². The van der Waals surface area contributed by atoms with Crippen molar-refractivity contribution in [1.29, 1.82) is 0 Å². The largest absolute Gasteiger partial charge is 0.493 e. The van der Waals surface area contributed by atoms with Crippen molar-refractivity contribution in [2.24, 2.45) is 0 Å². The molecule has 0 aliphatic rings. The SMILES string of the molecule is CCN(CC)CCOc1c(OC)cc(N)cc1OC. The summed E-state index contributed by atoms with van der Waals surface area (Å²) in [6.07, 6.45) is 0. The molecule has 5 heteroatoms. The first kappa shape index (κ1) is 15.4. The summed E-state index contributed by atoms with van der Waals surface area (Å²) in [6.45, 7) is 7.73. The van der Waals surface area contributed by atoms with Crippen LogP contribution in [0.3, 0.4) is 0 Å². The molecule has 0 amide bonds.